The molecule has 3 N–H and O–H groups in total. The van der Waals surface area contributed by atoms with Gasteiger partial charge < -0.3 is 15.7 Å². The number of hydrogen-bond acceptors (Lipinski definition) is 3. The fourth-order valence-corrected chi connectivity index (χ4v) is 2.42. The Kier molecular flexibility index (Phi) is 5.19. The number of nitrogens with one attached hydrogen (secondary N) is 2. The van der Waals surface area contributed by atoms with E-state index in [1.807, 2.05) is 12.1 Å². The van der Waals surface area contributed by atoms with Crippen LogP contribution in [-0.2, 0) is 11.2 Å². The second-order valence-corrected chi connectivity index (χ2v) is 6.52. The maximum Gasteiger partial charge on any atom is 0.251 e. The van der Waals surface area contributed by atoms with Crippen LogP contribution in [0.25, 0.3) is 0 Å². The Balaban J connectivity index is 1.81. The largest absolute Gasteiger partial charge is 0.390 e. The minimum Gasteiger partial charge on any atom is -0.390 e. The van der Waals surface area contributed by atoms with E-state index in [-0.39, 0.29) is 17.9 Å². The van der Waals surface area contributed by atoms with Crippen molar-refractivity contribution in [2.75, 3.05) is 6.54 Å². The molecule has 1 aromatic carbocycles. The quantitative estimate of drug-likeness (QED) is 0.743. The third kappa shape index (κ3) is 5.15. The highest BCUT2D eigenvalue weighted by molar-refractivity contribution is 5.94. The van der Waals surface area contributed by atoms with Gasteiger partial charge in [0.1, 0.15) is 0 Å². The number of rotatable bonds is 6. The molecule has 1 heterocycles. The van der Waals surface area contributed by atoms with Crippen LogP contribution in [0, 0.1) is 0 Å². The Labute approximate surface area is 131 Å². The van der Waals surface area contributed by atoms with Gasteiger partial charge in [-0.3, -0.25) is 9.59 Å². The van der Waals surface area contributed by atoms with Crippen molar-refractivity contribution >= 4 is 11.8 Å². The molecule has 0 radical (unpaired) electrons. The normalized spacial score (nSPS) is 18.1. The number of aryl methyl sites for hydroxylation is 1. The molecule has 0 bridgehead atoms. The van der Waals surface area contributed by atoms with E-state index in [1.54, 1.807) is 26.0 Å². The summed E-state index contributed by atoms with van der Waals surface area (Å²) in [5.41, 5.74) is 1.03. The summed E-state index contributed by atoms with van der Waals surface area (Å²) in [7, 11) is 0. The number of hydrogen-bond donors (Lipinski definition) is 3. The van der Waals surface area contributed by atoms with Gasteiger partial charge in [-0.25, -0.2) is 0 Å². The summed E-state index contributed by atoms with van der Waals surface area (Å²) in [6.45, 7) is 4.04. The summed E-state index contributed by atoms with van der Waals surface area (Å²) in [6.07, 6.45) is 2.77. The van der Waals surface area contributed by atoms with Gasteiger partial charge in [0.2, 0.25) is 5.91 Å². The Morgan fingerprint density at radius 1 is 1.36 bits per heavy atom. The molecule has 1 aromatic rings. The molecule has 120 valence electrons. The third-order valence-corrected chi connectivity index (χ3v) is 3.84. The molecular weight excluding hydrogens is 280 g/mol. The average molecular weight is 304 g/mol. The molecular formula is C17H24N2O3. The SMILES string of the molecule is CC(C)(O)CCc1ccc(C(=O)NC[C@@H]2CCC(=O)N2)cc1. The maximum absolute atomic E-state index is 12.0. The van der Waals surface area contributed by atoms with E-state index < -0.39 is 5.60 Å². The lowest BCUT2D eigenvalue weighted by molar-refractivity contribution is -0.119. The Morgan fingerprint density at radius 2 is 2.05 bits per heavy atom. The molecule has 5 nitrogen and oxygen atoms in total. The van der Waals surface area contributed by atoms with Gasteiger partial charge >= 0.3 is 0 Å². The lowest BCUT2D eigenvalue weighted by Crippen LogP contribution is -2.38. The highest BCUT2D eigenvalue weighted by Gasteiger charge is 2.21. The molecule has 0 aliphatic carbocycles. The first kappa shape index (κ1) is 16.5. The highest BCUT2D eigenvalue weighted by Crippen LogP contribution is 2.14. The van der Waals surface area contributed by atoms with Gasteiger partial charge in [-0.1, -0.05) is 12.1 Å². The van der Waals surface area contributed by atoms with Crippen LogP contribution < -0.4 is 10.6 Å². The van der Waals surface area contributed by atoms with Gasteiger partial charge in [-0.05, 0) is 50.8 Å². The van der Waals surface area contributed by atoms with E-state index in [0.29, 0.717) is 24.9 Å². The standard InChI is InChI=1S/C17H24N2O3/c1-17(2,22)10-9-12-3-5-13(6-4-12)16(21)18-11-14-7-8-15(20)19-14/h3-6,14,22H,7-11H2,1-2H3,(H,18,21)(H,19,20)/t14-/m0/s1. The molecule has 1 atom stereocenters. The number of amides is 2. The first-order valence-corrected chi connectivity index (χ1v) is 7.72. The van der Waals surface area contributed by atoms with Crippen molar-refractivity contribution in [1.29, 1.82) is 0 Å². The zero-order valence-electron chi connectivity index (χ0n) is 13.2. The van der Waals surface area contributed by atoms with Gasteiger partial charge in [0.05, 0.1) is 5.60 Å². The van der Waals surface area contributed by atoms with E-state index >= 15 is 0 Å². The first-order chi connectivity index (χ1) is 10.3. The maximum atomic E-state index is 12.0. The minimum absolute atomic E-state index is 0.0440. The monoisotopic (exact) mass is 304 g/mol. The molecule has 22 heavy (non-hydrogen) atoms. The fourth-order valence-electron chi connectivity index (χ4n) is 2.42. The number of benzene rings is 1. The minimum atomic E-state index is -0.679. The van der Waals surface area contributed by atoms with Gasteiger partial charge in [0.15, 0.2) is 0 Å². The summed E-state index contributed by atoms with van der Waals surface area (Å²) in [5, 5.41) is 15.4. The van der Waals surface area contributed by atoms with E-state index in [9.17, 15) is 14.7 Å². The van der Waals surface area contributed by atoms with E-state index in [4.69, 9.17) is 0 Å². The van der Waals surface area contributed by atoms with Crippen molar-refractivity contribution in [3.05, 3.63) is 35.4 Å². The second kappa shape index (κ2) is 6.92. The van der Waals surface area contributed by atoms with E-state index in [1.165, 1.54) is 0 Å². The van der Waals surface area contributed by atoms with Crippen LogP contribution in [0.3, 0.4) is 0 Å². The molecule has 5 heteroatoms. The molecule has 1 saturated heterocycles. The highest BCUT2D eigenvalue weighted by atomic mass is 16.3. The van der Waals surface area contributed by atoms with Crippen molar-refractivity contribution in [3.8, 4) is 0 Å². The predicted octanol–water partition coefficient (Wildman–Crippen LogP) is 1.40. The third-order valence-electron chi connectivity index (χ3n) is 3.84. The van der Waals surface area contributed by atoms with Crippen LogP contribution in [0.15, 0.2) is 24.3 Å². The predicted molar refractivity (Wildman–Crippen MR) is 84.6 cm³/mol. The Hall–Kier alpha value is -1.88. The summed E-state index contributed by atoms with van der Waals surface area (Å²) in [6, 6.07) is 7.46. The summed E-state index contributed by atoms with van der Waals surface area (Å²) < 4.78 is 0. The van der Waals surface area contributed by atoms with Gasteiger partial charge in [0, 0.05) is 24.6 Å². The lowest BCUT2D eigenvalue weighted by Gasteiger charge is -2.16. The second-order valence-electron chi connectivity index (χ2n) is 6.52. The van der Waals surface area contributed by atoms with E-state index in [2.05, 4.69) is 10.6 Å². The molecule has 1 aliphatic heterocycles. The smallest absolute Gasteiger partial charge is 0.251 e. The molecule has 0 aromatic heterocycles. The van der Waals surface area contributed by atoms with Crippen molar-refractivity contribution < 1.29 is 14.7 Å². The summed E-state index contributed by atoms with van der Waals surface area (Å²) in [4.78, 5) is 23.1. The Bertz CT molecular complexity index is 532. The van der Waals surface area contributed by atoms with Crippen LogP contribution in [0.5, 0.6) is 0 Å². The van der Waals surface area contributed by atoms with E-state index in [0.717, 1.165) is 18.4 Å². The molecule has 0 unspecified atom stereocenters. The van der Waals surface area contributed by atoms with Crippen LogP contribution in [0.2, 0.25) is 0 Å². The zero-order chi connectivity index (χ0) is 16.2. The van der Waals surface area contributed by atoms with Crippen molar-refractivity contribution in [3.63, 3.8) is 0 Å². The van der Waals surface area contributed by atoms with Crippen LogP contribution in [-0.4, -0.2) is 35.1 Å². The van der Waals surface area contributed by atoms with Crippen LogP contribution in [0.4, 0.5) is 0 Å². The number of aliphatic hydroxyl groups is 1. The molecule has 0 spiro atoms. The topological polar surface area (TPSA) is 78.4 Å². The summed E-state index contributed by atoms with van der Waals surface area (Å²) in [5.74, 6) is -0.0782. The number of carbonyl (C=O) groups is 2. The Morgan fingerprint density at radius 3 is 2.59 bits per heavy atom. The molecule has 2 amide bonds. The van der Waals surface area contributed by atoms with Crippen LogP contribution >= 0.6 is 0 Å². The average Bonchev–Trinajstić information content (AvgIpc) is 2.88. The molecule has 1 fully saturated rings. The van der Waals surface area contributed by atoms with Gasteiger partial charge in [-0.15, -0.1) is 0 Å². The lowest BCUT2D eigenvalue weighted by atomic mass is 9.98. The molecule has 2 rings (SSSR count). The number of carbonyl (C=O) groups excluding carboxylic acids is 2. The van der Waals surface area contributed by atoms with Gasteiger partial charge in [-0.2, -0.15) is 0 Å². The zero-order valence-corrected chi connectivity index (χ0v) is 13.2. The summed E-state index contributed by atoms with van der Waals surface area (Å²) >= 11 is 0. The van der Waals surface area contributed by atoms with Crippen LogP contribution in [0.1, 0.15) is 49.0 Å². The fraction of sp³-hybridized carbons (Fsp3) is 0.529. The van der Waals surface area contributed by atoms with Crippen molar-refractivity contribution in [1.82, 2.24) is 10.6 Å². The van der Waals surface area contributed by atoms with Crippen molar-refractivity contribution in [2.24, 2.45) is 0 Å². The first-order valence-electron chi connectivity index (χ1n) is 7.72. The molecule has 0 saturated carbocycles. The molecule has 1 aliphatic rings. The van der Waals surface area contributed by atoms with Crippen molar-refractivity contribution in [2.45, 2.75) is 51.2 Å². The van der Waals surface area contributed by atoms with Gasteiger partial charge in [0.25, 0.3) is 5.91 Å².